The summed E-state index contributed by atoms with van der Waals surface area (Å²) in [6.07, 6.45) is 18.9. The third-order valence-electron chi connectivity index (χ3n) is 9.84. The van der Waals surface area contributed by atoms with Crippen molar-refractivity contribution in [3.63, 3.8) is 0 Å². The fourth-order valence-electron chi connectivity index (χ4n) is 7.53. The molecule has 0 bridgehead atoms. The lowest BCUT2D eigenvalue weighted by molar-refractivity contribution is -0.0420. The van der Waals surface area contributed by atoms with E-state index in [1.165, 1.54) is 63.9 Å². The van der Waals surface area contributed by atoms with Crippen LogP contribution in [-0.2, 0) is 4.74 Å². The van der Waals surface area contributed by atoms with E-state index in [1.54, 1.807) is 6.07 Å². The second kappa shape index (κ2) is 13.4. The highest BCUT2D eigenvalue weighted by atomic mass is 19.2. The van der Waals surface area contributed by atoms with Crippen LogP contribution in [0, 0.1) is 41.2 Å². The van der Waals surface area contributed by atoms with Gasteiger partial charge in [-0.15, -0.1) is 0 Å². The van der Waals surface area contributed by atoms with Crippen molar-refractivity contribution in [3.8, 4) is 16.9 Å². The van der Waals surface area contributed by atoms with E-state index in [0.717, 1.165) is 48.7 Å². The fourth-order valence-corrected chi connectivity index (χ4v) is 7.53. The van der Waals surface area contributed by atoms with Gasteiger partial charge in [-0.05, 0) is 130 Å². The normalized spacial score (nSPS) is 29.9. The van der Waals surface area contributed by atoms with Gasteiger partial charge in [0, 0.05) is 5.56 Å². The Morgan fingerprint density at radius 2 is 1.38 bits per heavy atom. The first kappa shape index (κ1) is 28.3. The van der Waals surface area contributed by atoms with Crippen molar-refractivity contribution in [1.82, 2.24) is 0 Å². The van der Waals surface area contributed by atoms with Crippen LogP contribution in [0.1, 0.15) is 96.1 Å². The van der Waals surface area contributed by atoms with Crippen LogP contribution in [0.5, 0.6) is 5.75 Å². The number of hydrogen-bond acceptors (Lipinski definition) is 2. The molecule has 0 spiro atoms. The van der Waals surface area contributed by atoms with Gasteiger partial charge in [0.15, 0.2) is 11.6 Å². The maximum Gasteiger partial charge on any atom is 0.201 e. The molecule has 0 N–H and O–H groups in total. The summed E-state index contributed by atoms with van der Waals surface area (Å²) in [5.41, 5.74) is 2.05. The van der Waals surface area contributed by atoms with Gasteiger partial charge in [-0.3, -0.25) is 0 Å². The first-order valence-corrected chi connectivity index (χ1v) is 15.5. The van der Waals surface area contributed by atoms with E-state index in [0.29, 0.717) is 18.1 Å². The van der Waals surface area contributed by atoms with Gasteiger partial charge in [-0.2, -0.15) is 4.39 Å². The summed E-state index contributed by atoms with van der Waals surface area (Å²) < 4.78 is 40.9. The smallest absolute Gasteiger partial charge is 0.201 e. The second-order valence-corrected chi connectivity index (χ2v) is 12.2. The standard InChI is InChI=1S/C35H46F2O2/c1-3-5-24-6-8-25(9-7-24)26-10-12-27(13-11-26)30-18-20-32(39-23-30)29-16-14-28(15-17-29)31-19-21-33(38-22-4-2)35(37)34(31)36/h3,5,14-17,19,21,24-27,30,32H,4,6-13,18,20,22-23H2,1-2H3/b5-3+. The Hall–Kier alpha value is -2.20. The summed E-state index contributed by atoms with van der Waals surface area (Å²) >= 11 is 0. The van der Waals surface area contributed by atoms with E-state index in [9.17, 15) is 8.78 Å². The van der Waals surface area contributed by atoms with Crippen LogP contribution >= 0.6 is 0 Å². The van der Waals surface area contributed by atoms with Crippen molar-refractivity contribution in [2.24, 2.45) is 29.6 Å². The van der Waals surface area contributed by atoms with Gasteiger partial charge in [0.05, 0.1) is 19.3 Å². The lowest BCUT2D eigenvalue weighted by Gasteiger charge is -2.41. The average Bonchev–Trinajstić information content (AvgIpc) is 2.99. The molecule has 5 rings (SSSR count). The largest absolute Gasteiger partial charge is 0.490 e. The number of ether oxygens (including phenoxy) is 2. The van der Waals surface area contributed by atoms with Crippen molar-refractivity contribution in [2.45, 2.75) is 90.6 Å². The molecule has 2 unspecified atom stereocenters. The Morgan fingerprint density at radius 1 is 0.769 bits per heavy atom. The van der Waals surface area contributed by atoms with Crippen LogP contribution in [0.3, 0.4) is 0 Å². The predicted molar refractivity (Wildman–Crippen MR) is 155 cm³/mol. The number of hydrogen-bond donors (Lipinski definition) is 0. The Morgan fingerprint density at radius 3 is 1.97 bits per heavy atom. The Bertz CT molecular complexity index is 1070. The van der Waals surface area contributed by atoms with Crippen molar-refractivity contribution in [2.75, 3.05) is 13.2 Å². The van der Waals surface area contributed by atoms with Crippen molar-refractivity contribution < 1.29 is 18.3 Å². The lowest BCUT2D eigenvalue weighted by atomic mass is 9.66. The van der Waals surface area contributed by atoms with Crippen molar-refractivity contribution in [1.29, 1.82) is 0 Å². The van der Waals surface area contributed by atoms with Gasteiger partial charge in [-0.1, -0.05) is 43.3 Å². The van der Waals surface area contributed by atoms with Crippen LogP contribution < -0.4 is 4.74 Å². The molecule has 2 atom stereocenters. The zero-order chi connectivity index (χ0) is 27.2. The Balaban J connectivity index is 1.10. The van der Waals surface area contributed by atoms with Gasteiger partial charge in [-0.25, -0.2) is 4.39 Å². The second-order valence-electron chi connectivity index (χ2n) is 12.2. The first-order valence-electron chi connectivity index (χ1n) is 15.5. The van der Waals surface area contributed by atoms with E-state index < -0.39 is 11.6 Å². The van der Waals surface area contributed by atoms with Gasteiger partial charge >= 0.3 is 0 Å². The highest BCUT2D eigenvalue weighted by Crippen LogP contribution is 2.45. The average molecular weight is 537 g/mol. The summed E-state index contributed by atoms with van der Waals surface area (Å²) in [6, 6.07) is 10.9. The van der Waals surface area contributed by atoms with E-state index in [4.69, 9.17) is 9.47 Å². The van der Waals surface area contributed by atoms with Gasteiger partial charge in [0.1, 0.15) is 0 Å². The fraction of sp³-hybridized carbons (Fsp3) is 0.600. The molecular formula is C35H46F2O2. The van der Waals surface area contributed by atoms with E-state index in [2.05, 4.69) is 19.1 Å². The maximum atomic E-state index is 14.7. The summed E-state index contributed by atoms with van der Waals surface area (Å²) in [6.45, 7) is 5.29. The molecular weight excluding hydrogens is 490 g/mol. The summed E-state index contributed by atoms with van der Waals surface area (Å²) in [5, 5.41) is 0. The molecule has 2 saturated carbocycles. The van der Waals surface area contributed by atoms with Crippen LogP contribution in [0.25, 0.3) is 11.1 Å². The minimum absolute atomic E-state index is 0.0273. The van der Waals surface area contributed by atoms with Gasteiger partial charge in [0.25, 0.3) is 0 Å². The quantitative estimate of drug-likeness (QED) is 0.313. The number of benzene rings is 2. The Kier molecular flexibility index (Phi) is 9.76. The zero-order valence-corrected chi connectivity index (χ0v) is 23.8. The molecule has 0 amide bonds. The molecule has 2 aliphatic carbocycles. The summed E-state index contributed by atoms with van der Waals surface area (Å²) in [4.78, 5) is 0. The highest BCUT2D eigenvalue weighted by molar-refractivity contribution is 5.65. The molecule has 3 fully saturated rings. The molecule has 39 heavy (non-hydrogen) atoms. The summed E-state index contributed by atoms with van der Waals surface area (Å²) in [7, 11) is 0. The third-order valence-corrected chi connectivity index (χ3v) is 9.84. The number of halogens is 2. The van der Waals surface area contributed by atoms with Crippen molar-refractivity contribution in [3.05, 3.63) is 65.7 Å². The molecule has 1 heterocycles. The Labute approximate surface area is 234 Å². The molecule has 1 aliphatic heterocycles. The molecule has 4 heteroatoms. The number of allylic oxidation sites excluding steroid dienone is 2. The lowest BCUT2D eigenvalue weighted by Crippen LogP contribution is -2.32. The molecule has 2 aromatic rings. The minimum Gasteiger partial charge on any atom is -0.490 e. The summed E-state index contributed by atoms with van der Waals surface area (Å²) in [5.74, 6) is 2.42. The van der Waals surface area contributed by atoms with Crippen LogP contribution in [-0.4, -0.2) is 13.2 Å². The molecule has 2 aromatic carbocycles. The molecule has 0 radical (unpaired) electrons. The number of rotatable bonds is 8. The predicted octanol–water partition coefficient (Wildman–Crippen LogP) is 10.1. The van der Waals surface area contributed by atoms with Gasteiger partial charge < -0.3 is 9.47 Å². The van der Waals surface area contributed by atoms with Crippen LogP contribution in [0.15, 0.2) is 48.6 Å². The van der Waals surface area contributed by atoms with E-state index >= 15 is 0 Å². The van der Waals surface area contributed by atoms with Crippen molar-refractivity contribution >= 4 is 0 Å². The maximum absolute atomic E-state index is 14.7. The molecule has 0 aromatic heterocycles. The molecule has 2 nitrogen and oxygen atoms in total. The minimum atomic E-state index is -0.919. The van der Waals surface area contributed by atoms with Crippen LogP contribution in [0.4, 0.5) is 8.78 Å². The topological polar surface area (TPSA) is 18.5 Å². The molecule has 212 valence electrons. The first-order chi connectivity index (χ1) is 19.1. The molecule has 3 aliphatic rings. The zero-order valence-electron chi connectivity index (χ0n) is 23.8. The highest BCUT2D eigenvalue weighted by Gasteiger charge is 2.35. The third kappa shape index (κ3) is 6.76. The monoisotopic (exact) mass is 536 g/mol. The SMILES string of the molecule is C/C=C/C1CCC(C2CCC(C3CCC(c4ccc(-c5ccc(OCCC)c(F)c5F)cc4)OC3)CC2)CC1. The molecule has 1 saturated heterocycles. The van der Waals surface area contributed by atoms with E-state index in [-0.39, 0.29) is 17.4 Å². The van der Waals surface area contributed by atoms with Gasteiger partial charge in [0.2, 0.25) is 5.82 Å². The van der Waals surface area contributed by atoms with Crippen LogP contribution in [0.2, 0.25) is 0 Å². The van der Waals surface area contributed by atoms with E-state index in [1.807, 2.05) is 31.2 Å².